The number of benzene rings is 2. The van der Waals surface area contributed by atoms with E-state index in [1.807, 2.05) is 55.5 Å². The molecule has 0 aliphatic heterocycles. The minimum atomic E-state index is -0.209. The lowest BCUT2D eigenvalue weighted by Crippen LogP contribution is -2.23. The minimum Gasteiger partial charge on any atom is -0.493 e. The second kappa shape index (κ2) is 8.90. The Kier molecular flexibility index (Phi) is 6.11. The summed E-state index contributed by atoms with van der Waals surface area (Å²) in [6.45, 7) is 2.49. The average molecular weight is 377 g/mol. The van der Waals surface area contributed by atoms with E-state index in [-0.39, 0.29) is 5.91 Å². The summed E-state index contributed by atoms with van der Waals surface area (Å²) >= 11 is 0. The molecule has 0 aliphatic rings. The molecule has 6 heteroatoms. The number of ether oxygens (including phenoxy) is 2. The number of aryl methyl sites for hydroxylation is 1. The van der Waals surface area contributed by atoms with Gasteiger partial charge >= 0.3 is 0 Å². The second-order valence-corrected chi connectivity index (χ2v) is 6.30. The van der Waals surface area contributed by atoms with Crippen LogP contribution in [0.2, 0.25) is 0 Å². The fourth-order valence-electron chi connectivity index (χ4n) is 2.78. The zero-order chi connectivity index (χ0) is 19.9. The van der Waals surface area contributed by atoms with Crippen LogP contribution in [0.1, 0.15) is 21.6 Å². The Labute approximate surface area is 164 Å². The molecule has 1 aromatic heterocycles. The van der Waals surface area contributed by atoms with E-state index in [0.29, 0.717) is 23.7 Å². The maximum atomic E-state index is 12.3. The average Bonchev–Trinajstić information content (AvgIpc) is 2.72. The monoisotopic (exact) mass is 377 g/mol. The van der Waals surface area contributed by atoms with E-state index in [2.05, 4.69) is 15.6 Å². The van der Waals surface area contributed by atoms with Crippen LogP contribution in [0.15, 0.2) is 60.8 Å². The van der Waals surface area contributed by atoms with E-state index < -0.39 is 0 Å². The van der Waals surface area contributed by atoms with E-state index in [0.717, 1.165) is 22.5 Å². The Morgan fingerprint density at radius 2 is 1.75 bits per heavy atom. The topological polar surface area (TPSA) is 72.5 Å². The molecule has 2 N–H and O–H groups in total. The van der Waals surface area contributed by atoms with Crippen molar-refractivity contribution >= 4 is 17.3 Å². The zero-order valence-electron chi connectivity index (χ0n) is 16.2. The lowest BCUT2D eigenvalue weighted by Gasteiger charge is -2.11. The van der Waals surface area contributed by atoms with Gasteiger partial charge in [-0.15, -0.1) is 0 Å². The predicted octanol–water partition coefficient (Wildman–Crippen LogP) is 4.08. The number of nitrogens with zero attached hydrogens (tertiary/aromatic N) is 1. The maximum Gasteiger partial charge on any atom is 0.270 e. The van der Waals surface area contributed by atoms with Gasteiger partial charge in [-0.1, -0.05) is 29.8 Å². The van der Waals surface area contributed by atoms with E-state index >= 15 is 0 Å². The van der Waals surface area contributed by atoms with Gasteiger partial charge in [-0.25, -0.2) is 4.98 Å². The summed E-state index contributed by atoms with van der Waals surface area (Å²) in [4.78, 5) is 16.6. The van der Waals surface area contributed by atoms with Crippen molar-refractivity contribution in [2.24, 2.45) is 0 Å². The van der Waals surface area contributed by atoms with Crippen molar-refractivity contribution in [1.82, 2.24) is 10.3 Å². The van der Waals surface area contributed by atoms with Crippen molar-refractivity contribution in [2.45, 2.75) is 13.5 Å². The van der Waals surface area contributed by atoms with Crippen molar-refractivity contribution in [3.05, 3.63) is 77.6 Å². The van der Waals surface area contributed by atoms with Gasteiger partial charge in [-0.05, 0) is 36.8 Å². The smallest absolute Gasteiger partial charge is 0.270 e. The third-order valence-corrected chi connectivity index (χ3v) is 4.20. The van der Waals surface area contributed by atoms with Gasteiger partial charge in [0.15, 0.2) is 11.5 Å². The van der Waals surface area contributed by atoms with Crippen LogP contribution in [0.4, 0.5) is 11.4 Å². The number of aromatic nitrogens is 1. The van der Waals surface area contributed by atoms with Crippen molar-refractivity contribution < 1.29 is 14.3 Å². The first-order valence-electron chi connectivity index (χ1n) is 8.88. The van der Waals surface area contributed by atoms with Gasteiger partial charge in [-0.2, -0.15) is 0 Å². The molecule has 6 nitrogen and oxygen atoms in total. The van der Waals surface area contributed by atoms with E-state index in [9.17, 15) is 4.79 Å². The van der Waals surface area contributed by atoms with Crippen molar-refractivity contribution in [1.29, 1.82) is 0 Å². The number of anilines is 2. The minimum absolute atomic E-state index is 0.209. The first kappa shape index (κ1) is 19.2. The van der Waals surface area contributed by atoms with Crippen molar-refractivity contribution in [2.75, 3.05) is 19.5 Å². The number of amides is 1. The van der Waals surface area contributed by atoms with Crippen LogP contribution in [-0.2, 0) is 6.54 Å². The van der Waals surface area contributed by atoms with Crippen LogP contribution in [0.3, 0.4) is 0 Å². The first-order valence-corrected chi connectivity index (χ1v) is 8.88. The largest absolute Gasteiger partial charge is 0.493 e. The number of pyridine rings is 1. The number of rotatable bonds is 7. The molecule has 0 spiro atoms. The summed E-state index contributed by atoms with van der Waals surface area (Å²) in [7, 11) is 3.19. The number of carbonyl (C=O) groups excluding carboxylic acids is 1. The highest BCUT2D eigenvalue weighted by atomic mass is 16.5. The zero-order valence-corrected chi connectivity index (χ0v) is 16.2. The van der Waals surface area contributed by atoms with Gasteiger partial charge in [0.2, 0.25) is 0 Å². The molecule has 2 aromatic carbocycles. The molecule has 0 aliphatic carbocycles. The Hall–Kier alpha value is -3.54. The van der Waals surface area contributed by atoms with Crippen LogP contribution in [0.5, 0.6) is 11.5 Å². The highest BCUT2D eigenvalue weighted by Gasteiger charge is 2.08. The highest BCUT2D eigenvalue weighted by molar-refractivity contribution is 5.92. The Morgan fingerprint density at radius 3 is 2.43 bits per heavy atom. The normalized spacial score (nSPS) is 10.2. The van der Waals surface area contributed by atoms with Crippen molar-refractivity contribution in [3.63, 3.8) is 0 Å². The van der Waals surface area contributed by atoms with Gasteiger partial charge in [0.25, 0.3) is 5.91 Å². The molecule has 3 rings (SSSR count). The van der Waals surface area contributed by atoms with Gasteiger partial charge in [0, 0.05) is 18.3 Å². The SMILES string of the molecule is COc1ccc(Nc2ccc(C(=O)NCc3cccc(C)c3)nc2)cc1OC. The summed E-state index contributed by atoms with van der Waals surface area (Å²) in [6.07, 6.45) is 1.62. The fourth-order valence-corrected chi connectivity index (χ4v) is 2.78. The van der Waals surface area contributed by atoms with Crippen LogP contribution in [0, 0.1) is 6.92 Å². The third kappa shape index (κ3) is 4.79. The van der Waals surface area contributed by atoms with Crippen LogP contribution in [0.25, 0.3) is 0 Å². The molecule has 1 heterocycles. The molecular formula is C22H23N3O3. The molecule has 0 unspecified atom stereocenters. The molecule has 0 radical (unpaired) electrons. The number of hydrogen-bond acceptors (Lipinski definition) is 5. The lowest BCUT2D eigenvalue weighted by molar-refractivity contribution is 0.0946. The number of methoxy groups -OCH3 is 2. The molecule has 0 atom stereocenters. The molecule has 144 valence electrons. The Balaban J connectivity index is 1.62. The van der Waals surface area contributed by atoms with Crippen LogP contribution < -0.4 is 20.1 Å². The molecule has 0 fully saturated rings. The number of nitrogens with one attached hydrogen (secondary N) is 2. The van der Waals surface area contributed by atoms with Gasteiger partial charge in [-0.3, -0.25) is 4.79 Å². The summed E-state index contributed by atoms with van der Waals surface area (Å²) in [5, 5.41) is 6.12. The molecule has 0 bridgehead atoms. The van der Waals surface area contributed by atoms with Gasteiger partial charge in [0.1, 0.15) is 5.69 Å². The number of carbonyl (C=O) groups is 1. The molecular weight excluding hydrogens is 354 g/mol. The quantitative estimate of drug-likeness (QED) is 0.649. The summed E-state index contributed by atoms with van der Waals surface area (Å²) in [5.74, 6) is 1.08. The molecule has 0 saturated carbocycles. The Morgan fingerprint density at radius 1 is 0.964 bits per heavy atom. The molecule has 3 aromatic rings. The Bertz CT molecular complexity index is 955. The summed E-state index contributed by atoms with van der Waals surface area (Å²) in [6, 6.07) is 17.1. The highest BCUT2D eigenvalue weighted by Crippen LogP contribution is 2.30. The molecule has 1 amide bonds. The number of hydrogen-bond donors (Lipinski definition) is 2. The van der Waals surface area contributed by atoms with Crippen LogP contribution >= 0.6 is 0 Å². The predicted molar refractivity (Wildman–Crippen MR) is 109 cm³/mol. The van der Waals surface area contributed by atoms with Crippen LogP contribution in [-0.4, -0.2) is 25.1 Å². The fraction of sp³-hybridized carbons (Fsp3) is 0.182. The summed E-state index contributed by atoms with van der Waals surface area (Å²) in [5.41, 5.74) is 4.18. The molecule has 0 saturated heterocycles. The van der Waals surface area contributed by atoms with E-state index in [1.165, 1.54) is 0 Å². The van der Waals surface area contributed by atoms with E-state index in [4.69, 9.17) is 9.47 Å². The summed E-state index contributed by atoms with van der Waals surface area (Å²) < 4.78 is 10.5. The van der Waals surface area contributed by atoms with Gasteiger partial charge < -0.3 is 20.1 Å². The van der Waals surface area contributed by atoms with Crippen molar-refractivity contribution in [3.8, 4) is 11.5 Å². The van der Waals surface area contributed by atoms with E-state index in [1.54, 1.807) is 26.5 Å². The third-order valence-electron chi connectivity index (χ3n) is 4.20. The second-order valence-electron chi connectivity index (χ2n) is 6.30. The van der Waals surface area contributed by atoms with Gasteiger partial charge in [0.05, 0.1) is 26.1 Å². The first-order chi connectivity index (χ1) is 13.6. The molecule has 28 heavy (non-hydrogen) atoms. The maximum absolute atomic E-state index is 12.3. The standard InChI is InChI=1S/C22H23N3O3/c1-15-5-4-6-16(11-15)13-24-22(26)19-9-7-18(14-23-19)25-17-8-10-20(27-2)21(12-17)28-3/h4-12,14,25H,13H2,1-3H3,(H,24,26). The lowest BCUT2D eigenvalue weighted by atomic mass is 10.1.